The number of aromatic nitrogens is 1. The Balaban J connectivity index is 2.07. The predicted octanol–water partition coefficient (Wildman–Crippen LogP) is 6.50. The molecule has 0 radical (unpaired) electrons. The average Bonchev–Trinajstić information content (AvgIpc) is 2.69. The van der Waals surface area contributed by atoms with Crippen molar-refractivity contribution in [3.8, 4) is 11.3 Å². The first-order valence-electron chi connectivity index (χ1n) is 9.17. The highest BCUT2D eigenvalue weighted by Crippen LogP contribution is 2.62. The van der Waals surface area contributed by atoms with Gasteiger partial charge in [-0.05, 0) is 44.9 Å². The molecule has 0 saturated carbocycles. The summed E-state index contributed by atoms with van der Waals surface area (Å²) in [5.41, 5.74) is 5.65. The van der Waals surface area contributed by atoms with E-state index in [4.69, 9.17) is 4.98 Å². The third kappa shape index (κ3) is 1.99. The Kier molecular flexibility index (Phi) is 3.23. The van der Waals surface area contributed by atoms with Crippen LogP contribution in [0.2, 0.25) is 0 Å². The van der Waals surface area contributed by atoms with Crippen LogP contribution in [0.25, 0.3) is 22.0 Å². The fourth-order valence-electron chi connectivity index (χ4n) is 4.54. The van der Waals surface area contributed by atoms with E-state index in [0.29, 0.717) is 0 Å². The smallest absolute Gasteiger partial charge is 0.0780 e. The maximum Gasteiger partial charge on any atom is 0.0780 e. The molecule has 0 spiro atoms. The first kappa shape index (κ1) is 16.3. The van der Waals surface area contributed by atoms with Crippen molar-refractivity contribution in [2.75, 3.05) is 0 Å². The van der Waals surface area contributed by atoms with Gasteiger partial charge in [0.2, 0.25) is 0 Å². The van der Waals surface area contributed by atoms with Gasteiger partial charge in [0, 0.05) is 17.1 Å². The van der Waals surface area contributed by atoms with E-state index >= 15 is 0 Å². The third-order valence-electron chi connectivity index (χ3n) is 7.42. The molecule has 0 saturated heterocycles. The van der Waals surface area contributed by atoms with Crippen molar-refractivity contribution >= 4 is 10.8 Å². The Morgan fingerprint density at radius 2 is 1.32 bits per heavy atom. The van der Waals surface area contributed by atoms with Crippen LogP contribution in [0.3, 0.4) is 0 Å². The molecule has 1 aliphatic carbocycles. The van der Waals surface area contributed by atoms with Gasteiger partial charge in [0.15, 0.2) is 0 Å². The summed E-state index contributed by atoms with van der Waals surface area (Å²) >= 11 is 0. The lowest BCUT2D eigenvalue weighted by molar-refractivity contribution is 0.125. The molecule has 0 bridgehead atoms. The van der Waals surface area contributed by atoms with Crippen molar-refractivity contribution in [1.29, 1.82) is 0 Å². The van der Waals surface area contributed by atoms with Crippen LogP contribution in [0.4, 0.5) is 0 Å². The summed E-state index contributed by atoms with van der Waals surface area (Å²) in [5.74, 6) is 0. The van der Waals surface area contributed by atoms with Crippen LogP contribution >= 0.6 is 0 Å². The van der Waals surface area contributed by atoms with Gasteiger partial charge in [0.25, 0.3) is 0 Å². The molecule has 2 aromatic carbocycles. The monoisotopic (exact) mass is 329 g/mol. The molecule has 1 nitrogen and oxygen atoms in total. The van der Waals surface area contributed by atoms with Crippen molar-refractivity contribution in [3.63, 3.8) is 0 Å². The van der Waals surface area contributed by atoms with E-state index < -0.39 is 0 Å². The number of fused-ring (bicyclic) bond motifs is 2. The van der Waals surface area contributed by atoms with Gasteiger partial charge in [-0.3, -0.25) is 4.98 Å². The second-order valence-corrected chi connectivity index (χ2v) is 9.02. The van der Waals surface area contributed by atoms with Crippen molar-refractivity contribution in [1.82, 2.24) is 4.98 Å². The molecule has 0 N–H and O–H groups in total. The van der Waals surface area contributed by atoms with E-state index in [-0.39, 0.29) is 16.2 Å². The van der Waals surface area contributed by atoms with Gasteiger partial charge in [-0.1, -0.05) is 77.9 Å². The van der Waals surface area contributed by atoms with Crippen LogP contribution in [-0.2, 0) is 10.8 Å². The standard InChI is InChI=1S/C24H27N/c1-22(2)19-14-17-12-13-25-21(16-10-8-7-9-11-16)18(17)15-20(19)23(3,4)24(22,5)6/h7-15H,1-6H3. The lowest BCUT2D eigenvalue weighted by atomic mass is 9.59. The second-order valence-electron chi connectivity index (χ2n) is 9.02. The SMILES string of the molecule is CC1(C)c2cc3ccnc(-c4ccccc4)c3cc2C(C)(C)C1(C)C. The first-order valence-corrected chi connectivity index (χ1v) is 9.17. The number of benzene rings is 2. The molecule has 0 unspecified atom stereocenters. The average molecular weight is 329 g/mol. The molecular formula is C24H27N. The summed E-state index contributed by atoms with van der Waals surface area (Å²) in [6.45, 7) is 14.4. The van der Waals surface area contributed by atoms with Crippen LogP contribution in [0.1, 0.15) is 52.7 Å². The Morgan fingerprint density at radius 1 is 0.720 bits per heavy atom. The molecule has 0 fully saturated rings. The molecule has 1 heteroatoms. The molecule has 1 heterocycles. The molecule has 128 valence electrons. The van der Waals surface area contributed by atoms with Crippen LogP contribution in [-0.4, -0.2) is 4.98 Å². The highest BCUT2D eigenvalue weighted by molar-refractivity contribution is 5.96. The fourth-order valence-corrected chi connectivity index (χ4v) is 4.54. The molecule has 0 atom stereocenters. The van der Waals surface area contributed by atoms with E-state index in [1.54, 1.807) is 0 Å². The second kappa shape index (κ2) is 4.94. The minimum absolute atomic E-state index is 0.115. The van der Waals surface area contributed by atoms with Crippen LogP contribution in [0.5, 0.6) is 0 Å². The lowest BCUT2D eigenvalue weighted by Gasteiger charge is -2.44. The normalized spacial score (nSPS) is 19.8. The number of nitrogens with zero attached hydrogens (tertiary/aromatic N) is 1. The van der Waals surface area contributed by atoms with E-state index in [9.17, 15) is 0 Å². The van der Waals surface area contributed by atoms with Crippen LogP contribution in [0, 0.1) is 5.41 Å². The molecule has 4 rings (SSSR count). The zero-order chi connectivity index (χ0) is 18.0. The van der Waals surface area contributed by atoms with Crippen molar-refractivity contribution in [2.45, 2.75) is 52.4 Å². The number of hydrogen-bond donors (Lipinski definition) is 0. The van der Waals surface area contributed by atoms with E-state index in [1.165, 1.54) is 27.5 Å². The van der Waals surface area contributed by atoms with Gasteiger partial charge < -0.3 is 0 Å². The number of rotatable bonds is 1. The Morgan fingerprint density at radius 3 is 1.96 bits per heavy atom. The minimum atomic E-state index is 0.115. The first-order chi connectivity index (χ1) is 11.7. The summed E-state index contributed by atoms with van der Waals surface area (Å²) in [7, 11) is 0. The van der Waals surface area contributed by atoms with Gasteiger partial charge in [0.05, 0.1) is 5.69 Å². The van der Waals surface area contributed by atoms with Crippen molar-refractivity contribution < 1.29 is 0 Å². The minimum Gasteiger partial charge on any atom is -0.256 e. The summed E-state index contributed by atoms with van der Waals surface area (Å²) in [6.07, 6.45) is 1.94. The molecular weight excluding hydrogens is 302 g/mol. The van der Waals surface area contributed by atoms with Gasteiger partial charge in [0.1, 0.15) is 0 Å². The molecule has 1 aliphatic rings. The number of hydrogen-bond acceptors (Lipinski definition) is 1. The van der Waals surface area contributed by atoms with Gasteiger partial charge >= 0.3 is 0 Å². The van der Waals surface area contributed by atoms with Crippen molar-refractivity contribution in [3.05, 3.63) is 65.9 Å². The van der Waals surface area contributed by atoms with E-state index in [0.717, 1.165) is 5.69 Å². The third-order valence-corrected chi connectivity index (χ3v) is 7.42. The maximum atomic E-state index is 4.72. The molecule has 1 aromatic heterocycles. The molecule has 3 aromatic rings. The summed E-state index contributed by atoms with van der Waals surface area (Å²) in [6, 6.07) is 17.5. The van der Waals surface area contributed by atoms with E-state index in [2.05, 4.69) is 90.1 Å². The predicted molar refractivity (Wildman–Crippen MR) is 107 cm³/mol. The quantitative estimate of drug-likeness (QED) is 0.497. The highest BCUT2D eigenvalue weighted by Gasteiger charge is 2.56. The summed E-state index contributed by atoms with van der Waals surface area (Å²) in [5, 5.41) is 2.54. The number of pyridine rings is 1. The fraction of sp³-hybridized carbons (Fsp3) is 0.375. The molecule has 25 heavy (non-hydrogen) atoms. The lowest BCUT2D eigenvalue weighted by Crippen LogP contribution is -2.42. The zero-order valence-corrected chi connectivity index (χ0v) is 16.1. The zero-order valence-electron chi connectivity index (χ0n) is 16.1. The van der Waals surface area contributed by atoms with Gasteiger partial charge in [-0.2, -0.15) is 0 Å². The van der Waals surface area contributed by atoms with E-state index in [1.807, 2.05) is 6.20 Å². The molecule has 0 amide bonds. The topological polar surface area (TPSA) is 12.9 Å². The van der Waals surface area contributed by atoms with Gasteiger partial charge in [-0.15, -0.1) is 0 Å². The highest BCUT2D eigenvalue weighted by atomic mass is 14.7. The maximum absolute atomic E-state index is 4.72. The molecule has 0 aliphatic heterocycles. The van der Waals surface area contributed by atoms with Crippen LogP contribution < -0.4 is 0 Å². The Labute approximate surface area is 151 Å². The summed E-state index contributed by atoms with van der Waals surface area (Å²) in [4.78, 5) is 4.72. The largest absolute Gasteiger partial charge is 0.256 e. The van der Waals surface area contributed by atoms with Crippen LogP contribution in [0.15, 0.2) is 54.7 Å². The summed E-state index contributed by atoms with van der Waals surface area (Å²) < 4.78 is 0. The van der Waals surface area contributed by atoms with Gasteiger partial charge in [-0.25, -0.2) is 0 Å². The Bertz CT molecular complexity index is 962. The van der Waals surface area contributed by atoms with Crippen molar-refractivity contribution in [2.24, 2.45) is 5.41 Å². The Hall–Kier alpha value is -2.15.